The van der Waals surface area contributed by atoms with Crippen LogP contribution in [0.15, 0.2) is 29.2 Å². The van der Waals surface area contributed by atoms with Crippen LogP contribution in [0.3, 0.4) is 0 Å². The number of nitrogens with zero attached hydrogens (tertiary/aromatic N) is 1. The van der Waals surface area contributed by atoms with Crippen molar-refractivity contribution in [2.24, 2.45) is 0 Å². The summed E-state index contributed by atoms with van der Waals surface area (Å²) in [5.74, 6) is 0. The van der Waals surface area contributed by atoms with Gasteiger partial charge in [-0.25, -0.2) is 16.8 Å². The maximum atomic E-state index is 12.8. The molecule has 3 rings (SSSR count). The average molecular weight is 400 g/mol. The van der Waals surface area contributed by atoms with E-state index in [1.54, 1.807) is 12.1 Å². The second kappa shape index (κ2) is 6.91. The number of hydrogen-bond donors (Lipinski definition) is 0. The van der Waals surface area contributed by atoms with Gasteiger partial charge in [-0.15, -0.1) is 0 Å². The quantitative estimate of drug-likeness (QED) is 0.780. The highest BCUT2D eigenvalue weighted by atomic mass is 32.2. The highest BCUT2D eigenvalue weighted by Gasteiger charge is 2.46. The first-order valence-corrected chi connectivity index (χ1v) is 12.4. The Balaban J connectivity index is 1.69. The molecule has 2 fully saturated rings. The maximum absolute atomic E-state index is 12.8. The first kappa shape index (κ1) is 19.8. The predicted octanol–water partition coefficient (Wildman–Crippen LogP) is 3.10. The standard InChI is InChI=1S/C19H29NO4S2/c1-19(2,3)15-9-11-17(12-10-15)26(23,24)20-13-18(14-20)25(21,22)16-7-5-4-6-8-16/h9-12,16,18H,4-8,13-14H2,1-3H3. The van der Waals surface area contributed by atoms with Crippen LogP contribution in [0.25, 0.3) is 0 Å². The third kappa shape index (κ3) is 3.71. The fourth-order valence-electron chi connectivity index (χ4n) is 3.75. The van der Waals surface area contributed by atoms with E-state index in [2.05, 4.69) is 20.8 Å². The van der Waals surface area contributed by atoms with Crippen molar-refractivity contribution in [3.8, 4) is 0 Å². The summed E-state index contributed by atoms with van der Waals surface area (Å²) in [7, 11) is -6.85. The summed E-state index contributed by atoms with van der Waals surface area (Å²) in [4.78, 5) is 0.235. The minimum Gasteiger partial charge on any atom is -0.228 e. The van der Waals surface area contributed by atoms with Crippen LogP contribution in [0.2, 0.25) is 0 Å². The van der Waals surface area contributed by atoms with E-state index < -0.39 is 25.1 Å². The molecule has 1 saturated heterocycles. The van der Waals surface area contributed by atoms with Crippen molar-refractivity contribution in [1.29, 1.82) is 0 Å². The highest BCUT2D eigenvalue weighted by molar-refractivity contribution is 7.93. The summed E-state index contributed by atoms with van der Waals surface area (Å²) < 4.78 is 52.2. The smallest absolute Gasteiger partial charge is 0.228 e. The molecule has 7 heteroatoms. The molecule has 2 aliphatic rings. The van der Waals surface area contributed by atoms with Crippen molar-refractivity contribution < 1.29 is 16.8 Å². The van der Waals surface area contributed by atoms with E-state index in [0.29, 0.717) is 0 Å². The third-order valence-electron chi connectivity index (χ3n) is 5.65. The lowest BCUT2D eigenvalue weighted by molar-refractivity contribution is 0.306. The number of rotatable bonds is 4. The zero-order valence-corrected chi connectivity index (χ0v) is 17.4. The second-order valence-corrected chi connectivity index (χ2v) is 13.0. The Bertz CT molecular complexity index is 840. The Hall–Kier alpha value is -0.920. The van der Waals surface area contributed by atoms with Gasteiger partial charge in [-0.2, -0.15) is 4.31 Å². The lowest BCUT2D eigenvalue weighted by Crippen LogP contribution is -2.58. The van der Waals surface area contributed by atoms with Crippen LogP contribution >= 0.6 is 0 Å². The zero-order chi connectivity index (χ0) is 19.2. The third-order valence-corrected chi connectivity index (χ3v) is 10.1. The van der Waals surface area contributed by atoms with E-state index >= 15 is 0 Å². The minimum atomic E-state index is -3.62. The fourth-order valence-corrected chi connectivity index (χ4v) is 7.78. The lowest BCUT2D eigenvalue weighted by atomic mass is 9.87. The Morgan fingerprint density at radius 1 is 0.846 bits per heavy atom. The maximum Gasteiger partial charge on any atom is 0.243 e. The van der Waals surface area contributed by atoms with Crippen molar-refractivity contribution in [1.82, 2.24) is 4.31 Å². The second-order valence-electron chi connectivity index (χ2n) is 8.57. The SMILES string of the molecule is CC(C)(C)c1ccc(S(=O)(=O)N2CC(S(=O)(=O)C3CCCCC3)C2)cc1. The molecule has 0 atom stereocenters. The summed E-state index contributed by atoms with van der Waals surface area (Å²) in [5.41, 5.74) is 1.02. The van der Waals surface area contributed by atoms with Gasteiger partial charge in [-0.3, -0.25) is 0 Å². The molecule has 1 aromatic carbocycles. The van der Waals surface area contributed by atoms with Crippen molar-refractivity contribution in [2.45, 2.75) is 73.7 Å². The first-order chi connectivity index (χ1) is 12.0. The Labute approximate surface area is 157 Å². The molecule has 0 N–H and O–H groups in total. The molecule has 1 aromatic rings. The predicted molar refractivity (Wildman–Crippen MR) is 103 cm³/mol. The first-order valence-electron chi connectivity index (χ1n) is 9.36. The van der Waals surface area contributed by atoms with Crippen LogP contribution in [-0.4, -0.2) is 44.7 Å². The minimum absolute atomic E-state index is 0.0434. The van der Waals surface area contributed by atoms with Crippen molar-refractivity contribution >= 4 is 19.9 Å². The van der Waals surface area contributed by atoms with Gasteiger partial charge in [0.1, 0.15) is 0 Å². The molecule has 0 amide bonds. The molecule has 0 bridgehead atoms. The van der Waals surface area contributed by atoms with Gasteiger partial charge >= 0.3 is 0 Å². The number of hydrogen-bond acceptors (Lipinski definition) is 4. The average Bonchev–Trinajstić information content (AvgIpc) is 2.53. The molecule has 0 spiro atoms. The van der Waals surface area contributed by atoms with Gasteiger partial charge in [0.2, 0.25) is 10.0 Å². The highest BCUT2D eigenvalue weighted by Crippen LogP contribution is 2.32. The van der Waals surface area contributed by atoms with E-state index in [1.165, 1.54) is 4.31 Å². The zero-order valence-electron chi connectivity index (χ0n) is 15.8. The Morgan fingerprint density at radius 3 is 1.88 bits per heavy atom. The van der Waals surface area contributed by atoms with Crippen LogP contribution < -0.4 is 0 Å². The number of benzene rings is 1. The van der Waals surface area contributed by atoms with E-state index in [9.17, 15) is 16.8 Å². The molecule has 1 heterocycles. The van der Waals surface area contributed by atoms with E-state index in [1.807, 2.05) is 12.1 Å². The van der Waals surface area contributed by atoms with E-state index in [4.69, 9.17) is 0 Å². The summed E-state index contributed by atoms with van der Waals surface area (Å²) in [5, 5.41) is -0.827. The van der Waals surface area contributed by atoms with Gasteiger partial charge in [0.15, 0.2) is 9.84 Å². The fraction of sp³-hybridized carbons (Fsp3) is 0.684. The van der Waals surface area contributed by atoms with Gasteiger partial charge in [-0.05, 0) is 36.0 Å². The molecular formula is C19H29NO4S2. The summed E-state index contributed by atoms with van der Waals surface area (Å²) >= 11 is 0. The van der Waals surface area contributed by atoms with Crippen molar-refractivity contribution in [2.75, 3.05) is 13.1 Å². The molecule has 1 saturated carbocycles. The summed E-state index contributed by atoms with van der Waals surface area (Å²) in [6.07, 6.45) is 4.46. The Kier molecular flexibility index (Phi) is 5.27. The van der Waals surface area contributed by atoms with Crippen LogP contribution in [0.5, 0.6) is 0 Å². The molecule has 0 unspecified atom stereocenters. The molecule has 146 valence electrons. The molecule has 1 aliphatic carbocycles. The van der Waals surface area contributed by atoms with Crippen molar-refractivity contribution in [3.05, 3.63) is 29.8 Å². The van der Waals surface area contributed by atoms with Crippen LogP contribution in [0.4, 0.5) is 0 Å². The Morgan fingerprint density at radius 2 is 1.38 bits per heavy atom. The largest absolute Gasteiger partial charge is 0.243 e. The molecule has 26 heavy (non-hydrogen) atoms. The van der Waals surface area contributed by atoms with Crippen LogP contribution in [0.1, 0.15) is 58.4 Å². The van der Waals surface area contributed by atoms with Crippen molar-refractivity contribution in [3.63, 3.8) is 0 Å². The molecule has 1 aliphatic heterocycles. The molecule has 0 radical (unpaired) electrons. The van der Waals surface area contributed by atoms with Gasteiger partial charge in [0, 0.05) is 13.1 Å². The van der Waals surface area contributed by atoms with E-state index in [-0.39, 0.29) is 28.6 Å². The number of sulfone groups is 1. The summed E-state index contributed by atoms with van der Waals surface area (Å²) in [6, 6.07) is 6.92. The van der Waals surface area contributed by atoms with Crippen LogP contribution in [0, 0.1) is 0 Å². The number of sulfonamides is 1. The van der Waals surface area contributed by atoms with E-state index in [0.717, 1.165) is 37.7 Å². The van der Waals surface area contributed by atoms with Gasteiger partial charge in [0.25, 0.3) is 0 Å². The van der Waals surface area contributed by atoms with Gasteiger partial charge < -0.3 is 0 Å². The lowest BCUT2D eigenvalue weighted by Gasteiger charge is -2.39. The van der Waals surface area contributed by atoms with Gasteiger partial charge in [-0.1, -0.05) is 52.2 Å². The normalized spacial score (nSPS) is 21.5. The molecular weight excluding hydrogens is 370 g/mol. The van der Waals surface area contributed by atoms with Crippen LogP contribution in [-0.2, 0) is 25.3 Å². The topological polar surface area (TPSA) is 71.5 Å². The summed E-state index contributed by atoms with van der Waals surface area (Å²) in [6.45, 7) is 6.40. The molecule has 5 nitrogen and oxygen atoms in total. The van der Waals surface area contributed by atoms with Gasteiger partial charge in [0.05, 0.1) is 15.4 Å². The molecule has 0 aromatic heterocycles. The monoisotopic (exact) mass is 399 g/mol.